The summed E-state index contributed by atoms with van der Waals surface area (Å²) in [5, 5.41) is 13.9. The average molecular weight is 396 g/mol. The van der Waals surface area contributed by atoms with Crippen molar-refractivity contribution in [3.05, 3.63) is 24.4 Å². The second-order valence-electron chi connectivity index (χ2n) is 6.78. The van der Waals surface area contributed by atoms with Crippen LogP contribution in [0.4, 0.5) is 10.5 Å². The predicted molar refractivity (Wildman–Crippen MR) is 96.1 cm³/mol. The molecule has 27 heavy (non-hydrogen) atoms. The lowest BCUT2D eigenvalue weighted by molar-refractivity contribution is -0.132. The molecule has 1 aromatic heterocycles. The first-order valence-electron chi connectivity index (χ1n) is 8.11. The number of nitrogens with zero attached hydrogens (tertiary/aromatic N) is 3. The van der Waals surface area contributed by atoms with Crippen LogP contribution in [0.25, 0.3) is 10.9 Å². The number of hydrogen-bond acceptors (Lipinski definition) is 7. The van der Waals surface area contributed by atoms with Gasteiger partial charge in [-0.2, -0.15) is 5.10 Å². The van der Waals surface area contributed by atoms with Gasteiger partial charge in [0.1, 0.15) is 6.10 Å². The number of fused-ring (bicyclic) bond motifs is 1. The highest BCUT2D eigenvalue weighted by Crippen LogP contribution is 2.31. The Balaban J connectivity index is 1.84. The van der Waals surface area contributed by atoms with Crippen LogP contribution in [0, 0.1) is 0 Å². The third-order valence-electron chi connectivity index (χ3n) is 4.93. The normalized spacial score (nSPS) is 19.8. The minimum atomic E-state index is -3.88. The molecular formula is C16H20N4O6S. The van der Waals surface area contributed by atoms with E-state index in [-0.39, 0.29) is 13.0 Å². The molecule has 0 unspecified atom stereocenters. The molecular weight excluding hydrogens is 376 g/mol. The SMILES string of the molecule is Cn1ncc2cc(N3C[C@H](C[C@](C)(C(=O)NO)S(C)(=O)=O)OC3=O)ccc21. The van der Waals surface area contributed by atoms with Gasteiger partial charge in [0.2, 0.25) is 0 Å². The number of sulfone groups is 1. The second kappa shape index (κ2) is 6.50. The summed E-state index contributed by atoms with van der Waals surface area (Å²) >= 11 is 0. The summed E-state index contributed by atoms with van der Waals surface area (Å²) in [6, 6.07) is 5.34. The zero-order chi connectivity index (χ0) is 20.0. The first kappa shape index (κ1) is 19.1. The quantitative estimate of drug-likeness (QED) is 0.559. The molecule has 1 fully saturated rings. The molecule has 2 amide bonds. The fourth-order valence-corrected chi connectivity index (χ4v) is 3.99. The molecule has 0 radical (unpaired) electrons. The molecule has 146 valence electrons. The van der Waals surface area contributed by atoms with Crippen molar-refractivity contribution in [1.29, 1.82) is 0 Å². The minimum Gasteiger partial charge on any atom is -0.444 e. The molecule has 1 aromatic carbocycles. The lowest BCUT2D eigenvalue weighted by Crippen LogP contribution is -2.51. The van der Waals surface area contributed by atoms with Crippen molar-refractivity contribution < 1.29 is 28.0 Å². The number of hydroxylamine groups is 1. The van der Waals surface area contributed by atoms with E-state index < -0.39 is 32.7 Å². The van der Waals surface area contributed by atoms with Crippen LogP contribution >= 0.6 is 0 Å². The van der Waals surface area contributed by atoms with Crippen LogP contribution in [0.5, 0.6) is 0 Å². The Labute approximate surface area is 155 Å². The van der Waals surface area contributed by atoms with Crippen LogP contribution in [-0.2, 0) is 26.4 Å². The molecule has 0 aliphatic carbocycles. The van der Waals surface area contributed by atoms with Crippen molar-refractivity contribution >= 4 is 38.4 Å². The Morgan fingerprint density at radius 1 is 1.48 bits per heavy atom. The summed E-state index contributed by atoms with van der Waals surface area (Å²) in [5.74, 6) is -1.07. The molecule has 2 N–H and O–H groups in total. The van der Waals surface area contributed by atoms with Gasteiger partial charge in [0.15, 0.2) is 14.6 Å². The Bertz CT molecular complexity index is 1020. The number of carbonyl (C=O) groups excluding carboxylic acids is 2. The van der Waals surface area contributed by atoms with Crippen LogP contribution in [0.3, 0.4) is 0 Å². The van der Waals surface area contributed by atoms with E-state index in [0.717, 1.165) is 17.2 Å². The molecule has 0 saturated carbocycles. The van der Waals surface area contributed by atoms with Crippen LogP contribution < -0.4 is 10.4 Å². The van der Waals surface area contributed by atoms with Gasteiger partial charge < -0.3 is 4.74 Å². The van der Waals surface area contributed by atoms with Gasteiger partial charge in [-0.05, 0) is 25.1 Å². The second-order valence-corrected chi connectivity index (χ2v) is 9.22. The van der Waals surface area contributed by atoms with E-state index in [1.54, 1.807) is 30.1 Å². The zero-order valence-electron chi connectivity index (χ0n) is 15.0. The third-order valence-corrected chi connectivity index (χ3v) is 6.92. The number of amides is 2. The van der Waals surface area contributed by atoms with Gasteiger partial charge >= 0.3 is 6.09 Å². The standard InChI is InChI=1S/C16H20N4O6S/c1-16(14(21)18-23,27(3,24)25)7-12-9-20(15(22)26-12)11-4-5-13-10(6-11)8-17-19(13)2/h4-6,8,12,23H,7,9H2,1-3H3,(H,18,21)/t12-,16+/m0/s1. The summed E-state index contributed by atoms with van der Waals surface area (Å²) in [4.78, 5) is 25.6. The first-order valence-corrected chi connectivity index (χ1v) is 10.00. The lowest BCUT2D eigenvalue weighted by atomic mass is 10.0. The van der Waals surface area contributed by atoms with Crippen LogP contribution in [-0.4, -0.2) is 59.1 Å². The predicted octanol–water partition coefficient (Wildman–Crippen LogP) is 0.597. The number of nitrogens with one attached hydrogen (secondary N) is 1. The van der Waals surface area contributed by atoms with Crippen LogP contribution in [0.15, 0.2) is 24.4 Å². The highest BCUT2D eigenvalue weighted by Gasteiger charge is 2.48. The van der Waals surface area contributed by atoms with E-state index in [1.807, 2.05) is 6.07 Å². The number of hydrogen-bond donors (Lipinski definition) is 2. The summed E-state index contributed by atoms with van der Waals surface area (Å²) in [5.41, 5.74) is 2.86. The van der Waals surface area contributed by atoms with E-state index in [1.165, 1.54) is 17.3 Å². The van der Waals surface area contributed by atoms with Crippen molar-refractivity contribution in [3.8, 4) is 0 Å². The van der Waals surface area contributed by atoms with Crippen molar-refractivity contribution in [2.45, 2.75) is 24.2 Å². The first-order chi connectivity index (χ1) is 12.6. The summed E-state index contributed by atoms with van der Waals surface area (Å²) in [6.07, 6.45) is 0.815. The highest BCUT2D eigenvalue weighted by molar-refractivity contribution is 7.92. The number of carbonyl (C=O) groups is 2. The zero-order valence-corrected chi connectivity index (χ0v) is 15.9. The van der Waals surface area contributed by atoms with Crippen molar-refractivity contribution in [3.63, 3.8) is 0 Å². The van der Waals surface area contributed by atoms with Gasteiger partial charge in [-0.15, -0.1) is 0 Å². The number of rotatable bonds is 5. The minimum absolute atomic E-state index is 0.0778. The van der Waals surface area contributed by atoms with Gasteiger partial charge in [-0.25, -0.2) is 18.7 Å². The highest BCUT2D eigenvalue weighted by atomic mass is 32.2. The molecule has 1 aliphatic heterocycles. The number of aromatic nitrogens is 2. The Kier molecular flexibility index (Phi) is 4.60. The third kappa shape index (κ3) is 3.23. The number of anilines is 1. The molecule has 2 atom stereocenters. The van der Waals surface area contributed by atoms with E-state index in [0.29, 0.717) is 5.69 Å². The molecule has 1 saturated heterocycles. The van der Waals surface area contributed by atoms with Gasteiger partial charge in [0.25, 0.3) is 5.91 Å². The molecule has 11 heteroatoms. The monoisotopic (exact) mass is 396 g/mol. The molecule has 1 aliphatic rings. The topological polar surface area (TPSA) is 131 Å². The van der Waals surface area contributed by atoms with Crippen LogP contribution in [0.2, 0.25) is 0 Å². The largest absolute Gasteiger partial charge is 0.444 e. The maximum Gasteiger partial charge on any atom is 0.414 e. The van der Waals surface area contributed by atoms with E-state index >= 15 is 0 Å². The molecule has 0 bridgehead atoms. The Morgan fingerprint density at radius 2 is 2.19 bits per heavy atom. The lowest BCUT2D eigenvalue weighted by Gasteiger charge is -2.26. The smallest absolute Gasteiger partial charge is 0.414 e. The fraction of sp³-hybridized carbons (Fsp3) is 0.438. The van der Waals surface area contributed by atoms with E-state index in [9.17, 15) is 18.0 Å². The number of aryl methyl sites for hydroxylation is 1. The summed E-state index contributed by atoms with van der Waals surface area (Å²) in [7, 11) is -2.08. The van der Waals surface area contributed by atoms with Crippen LogP contribution in [0.1, 0.15) is 13.3 Å². The van der Waals surface area contributed by atoms with Crippen molar-refractivity contribution in [1.82, 2.24) is 15.3 Å². The molecule has 10 nitrogen and oxygen atoms in total. The number of cyclic esters (lactones) is 1. The number of ether oxygens (including phenoxy) is 1. The Hall–Kier alpha value is -2.66. The molecule has 0 spiro atoms. The van der Waals surface area contributed by atoms with E-state index in [4.69, 9.17) is 9.94 Å². The van der Waals surface area contributed by atoms with Crippen molar-refractivity contribution in [2.24, 2.45) is 7.05 Å². The average Bonchev–Trinajstić information content (AvgIpc) is 3.15. The van der Waals surface area contributed by atoms with E-state index in [2.05, 4.69) is 5.10 Å². The Morgan fingerprint density at radius 3 is 2.81 bits per heavy atom. The summed E-state index contributed by atoms with van der Waals surface area (Å²) < 4.78 is 29.2. The van der Waals surface area contributed by atoms with Gasteiger partial charge in [-0.3, -0.25) is 19.6 Å². The van der Waals surface area contributed by atoms with Gasteiger partial charge in [0, 0.05) is 30.8 Å². The summed E-state index contributed by atoms with van der Waals surface area (Å²) in [6.45, 7) is 1.26. The maximum absolute atomic E-state index is 12.3. The maximum atomic E-state index is 12.3. The molecule has 2 heterocycles. The number of benzene rings is 1. The van der Waals surface area contributed by atoms with Gasteiger partial charge in [0.05, 0.1) is 18.3 Å². The fourth-order valence-electron chi connectivity index (χ4n) is 3.12. The van der Waals surface area contributed by atoms with Gasteiger partial charge in [-0.1, -0.05) is 0 Å². The molecule has 2 aromatic rings. The van der Waals surface area contributed by atoms with Crippen molar-refractivity contribution in [2.75, 3.05) is 17.7 Å². The molecule has 3 rings (SSSR count).